The second kappa shape index (κ2) is 9.59. The number of carbonyl (C=O) groups is 2. The monoisotopic (exact) mass is 462 g/mol. The van der Waals surface area contributed by atoms with E-state index in [4.69, 9.17) is 35.4 Å². The van der Waals surface area contributed by atoms with Crippen LogP contribution in [0.25, 0.3) is 6.08 Å². The highest BCUT2D eigenvalue weighted by atomic mass is 35.5. The lowest BCUT2D eigenvalue weighted by atomic mass is 10.1. The lowest BCUT2D eigenvalue weighted by Gasteiger charge is -2.14. The molecule has 2 aromatic rings. The van der Waals surface area contributed by atoms with Crippen molar-refractivity contribution in [2.45, 2.75) is 6.92 Å². The SMILES string of the molecule is CC(/C=C1\SC(=S)N(CC(=O)Nc2ccc(Cl)c(Cl)c2)C1=O)=C\c1ccccc1. The summed E-state index contributed by atoms with van der Waals surface area (Å²) in [5, 5.41) is 3.42. The summed E-state index contributed by atoms with van der Waals surface area (Å²) in [5.41, 5.74) is 2.45. The number of hydrogen-bond donors (Lipinski definition) is 1. The predicted molar refractivity (Wildman–Crippen MR) is 125 cm³/mol. The molecule has 1 aliphatic rings. The molecular formula is C21H16Cl2N2O2S2. The van der Waals surface area contributed by atoms with Crippen LogP contribution < -0.4 is 5.32 Å². The van der Waals surface area contributed by atoms with Crippen LogP contribution >= 0.6 is 47.2 Å². The molecule has 1 heterocycles. The number of hydrogen-bond acceptors (Lipinski definition) is 4. The predicted octanol–water partition coefficient (Wildman–Crippen LogP) is 5.78. The third-order valence-corrected chi connectivity index (χ3v) is 6.05. The van der Waals surface area contributed by atoms with Gasteiger partial charge in [-0.1, -0.05) is 83.6 Å². The molecule has 0 saturated carbocycles. The number of amides is 2. The Morgan fingerprint density at radius 2 is 1.90 bits per heavy atom. The van der Waals surface area contributed by atoms with Crippen molar-refractivity contribution in [2.24, 2.45) is 0 Å². The fourth-order valence-electron chi connectivity index (χ4n) is 2.61. The molecule has 1 N–H and O–H groups in total. The summed E-state index contributed by atoms with van der Waals surface area (Å²) < 4.78 is 0.345. The van der Waals surface area contributed by atoms with E-state index in [0.717, 1.165) is 11.1 Å². The summed E-state index contributed by atoms with van der Waals surface area (Å²) in [6.07, 6.45) is 3.76. The first kappa shape index (κ1) is 21.6. The molecule has 4 nitrogen and oxygen atoms in total. The van der Waals surface area contributed by atoms with Gasteiger partial charge in [-0.2, -0.15) is 0 Å². The first-order chi connectivity index (χ1) is 13.8. The van der Waals surface area contributed by atoms with Crippen LogP contribution in [0.2, 0.25) is 10.0 Å². The van der Waals surface area contributed by atoms with Crippen LogP contribution in [0.3, 0.4) is 0 Å². The number of carbonyl (C=O) groups excluding carboxylic acids is 2. The van der Waals surface area contributed by atoms with Gasteiger partial charge in [0.05, 0.1) is 15.0 Å². The Bertz CT molecular complexity index is 1040. The topological polar surface area (TPSA) is 49.4 Å². The number of anilines is 1. The minimum atomic E-state index is -0.377. The minimum Gasteiger partial charge on any atom is -0.324 e. The maximum absolute atomic E-state index is 12.7. The van der Waals surface area contributed by atoms with Gasteiger partial charge in [-0.3, -0.25) is 14.5 Å². The number of nitrogens with zero attached hydrogens (tertiary/aromatic N) is 1. The number of benzene rings is 2. The first-order valence-electron chi connectivity index (χ1n) is 8.57. The van der Waals surface area contributed by atoms with Crippen LogP contribution in [0.1, 0.15) is 12.5 Å². The smallest absolute Gasteiger partial charge is 0.266 e. The van der Waals surface area contributed by atoms with Crippen LogP contribution in [0, 0.1) is 0 Å². The zero-order valence-electron chi connectivity index (χ0n) is 15.3. The Morgan fingerprint density at radius 3 is 2.59 bits per heavy atom. The molecule has 0 bridgehead atoms. The molecule has 1 saturated heterocycles. The van der Waals surface area contributed by atoms with Gasteiger partial charge in [0, 0.05) is 5.69 Å². The van der Waals surface area contributed by atoms with Crippen LogP contribution in [0.4, 0.5) is 5.69 Å². The zero-order chi connectivity index (χ0) is 21.0. The van der Waals surface area contributed by atoms with Crippen molar-refractivity contribution in [1.82, 2.24) is 4.90 Å². The number of halogens is 2. The van der Waals surface area contributed by atoms with E-state index in [1.54, 1.807) is 24.3 Å². The van der Waals surface area contributed by atoms with Gasteiger partial charge in [0.2, 0.25) is 5.91 Å². The highest BCUT2D eigenvalue weighted by Crippen LogP contribution is 2.32. The number of thioether (sulfide) groups is 1. The van der Waals surface area contributed by atoms with E-state index >= 15 is 0 Å². The summed E-state index contributed by atoms with van der Waals surface area (Å²) in [7, 11) is 0. The van der Waals surface area contributed by atoms with Gasteiger partial charge in [-0.15, -0.1) is 0 Å². The van der Waals surface area contributed by atoms with Crippen molar-refractivity contribution in [3.8, 4) is 0 Å². The second-order valence-electron chi connectivity index (χ2n) is 6.24. The fraction of sp³-hybridized carbons (Fsp3) is 0.0952. The minimum absolute atomic E-state index is 0.177. The standard InChI is InChI=1S/C21H16Cl2N2O2S2/c1-13(9-14-5-3-2-4-6-14)10-18-20(27)25(21(28)29-18)12-19(26)24-15-7-8-16(22)17(23)11-15/h2-11H,12H2,1H3,(H,24,26)/b13-9+,18-10-. The Morgan fingerprint density at radius 1 is 1.17 bits per heavy atom. The summed E-state index contributed by atoms with van der Waals surface area (Å²) in [4.78, 5) is 26.8. The molecule has 0 atom stereocenters. The molecule has 1 aliphatic heterocycles. The molecule has 0 unspecified atom stereocenters. The number of allylic oxidation sites excluding steroid dienone is 2. The Hall–Kier alpha value is -2.12. The third kappa shape index (κ3) is 5.70. The molecule has 148 valence electrons. The molecule has 1 fully saturated rings. The van der Waals surface area contributed by atoms with Crippen LogP contribution in [-0.2, 0) is 9.59 Å². The highest BCUT2D eigenvalue weighted by Gasteiger charge is 2.33. The van der Waals surface area contributed by atoms with Crippen molar-refractivity contribution in [3.63, 3.8) is 0 Å². The van der Waals surface area contributed by atoms with Gasteiger partial charge >= 0.3 is 0 Å². The van der Waals surface area contributed by atoms with E-state index in [0.29, 0.717) is 25.0 Å². The van der Waals surface area contributed by atoms with Gasteiger partial charge in [-0.05, 0) is 42.3 Å². The van der Waals surface area contributed by atoms with Crippen molar-refractivity contribution < 1.29 is 9.59 Å². The molecule has 0 radical (unpaired) electrons. The summed E-state index contributed by atoms with van der Waals surface area (Å²) in [6.45, 7) is 1.74. The fourth-order valence-corrected chi connectivity index (χ4v) is 4.22. The number of thiocarbonyl (C=S) groups is 1. The molecule has 2 aromatic carbocycles. The molecule has 8 heteroatoms. The number of nitrogens with one attached hydrogen (secondary N) is 1. The summed E-state index contributed by atoms with van der Waals surface area (Å²) in [5.74, 6) is -0.664. The van der Waals surface area contributed by atoms with E-state index in [1.807, 2.05) is 43.3 Å². The van der Waals surface area contributed by atoms with Crippen molar-refractivity contribution in [2.75, 3.05) is 11.9 Å². The quantitative estimate of drug-likeness (QED) is 0.451. The van der Waals surface area contributed by atoms with E-state index < -0.39 is 0 Å². The van der Waals surface area contributed by atoms with E-state index in [2.05, 4.69) is 5.32 Å². The van der Waals surface area contributed by atoms with Gasteiger partial charge in [0.15, 0.2) is 0 Å². The van der Waals surface area contributed by atoms with Gasteiger partial charge in [0.1, 0.15) is 10.9 Å². The average molecular weight is 463 g/mol. The van der Waals surface area contributed by atoms with Crippen LogP contribution in [0.5, 0.6) is 0 Å². The lowest BCUT2D eigenvalue weighted by Crippen LogP contribution is -2.36. The molecule has 3 rings (SSSR count). The molecule has 0 spiro atoms. The Balaban J connectivity index is 1.67. The average Bonchev–Trinajstić information content (AvgIpc) is 2.93. The second-order valence-corrected chi connectivity index (χ2v) is 8.73. The summed E-state index contributed by atoms with van der Waals surface area (Å²) in [6, 6.07) is 14.6. The van der Waals surface area contributed by atoms with Crippen molar-refractivity contribution in [1.29, 1.82) is 0 Å². The Kier molecular flexibility index (Phi) is 7.14. The largest absolute Gasteiger partial charge is 0.324 e. The summed E-state index contributed by atoms with van der Waals surface area (Å²) >= 11 is 18.3. The maximum atomic E-state index is 12.7. The van der Waals surface area contributed by atoms with Gasteiger partial charge in [-0.25, -0.2) is 0 Å². The number of rotatable bonds is 5. The molecule has 0 aromatic heterocycles. The molecule has 2 amide bonds. The van der Waals surface area contributed by atoms with E-state index in [1.165, 1.54) is 16.7 Å². The third-order valence-electron chi connectivity index (χ3n) is 3.93. The van der Waals surface area contributed by atoms with Gasteiger partial charge in [0.25, 0.3) is 5.91 Å². The van der Waals surface area contributed by atoms with E-state index in [-0.39, 0.29) is 18.4 Å². The first-order valence-corrected chi connectivity index (χ1v) is 10.5. The van der Waals surface area contributed by atoms with Crippen molar-refractivity contribution >= 4 is 75.1 Å². The van der Waals surface area contributed by atoms with Crippen molar-refractivity contribution in [3.05, 3.63) is 80.7 Å². The maximum Gasteiger partial charge on any atom is 0.266 e. The molecular weight excluding hydrogens is 447 g/mol. The van der Waals surface area contributed by atoms with E-state index in [9.17, 15) is 9.59 Å². The lowest BCUT2D eigenvalue weighted by molar-refractivity contribution is -0.126. The van der Waals surface area contributed by atoms with Crippen LogP contribution in [0.15, 0.2) is 65.1 Å². The zero-order valence-corrected chi connectivity index (χ0v) is 18.5. The molecule has 29 heavy (non-hydrogen) atoms. The van der Waals surface area contributed by atoms with Gasteiger partial charge < -0.3 is 5.32 Å². The highest BCUT2D eigenvalue weighted by molar-refractivity contribution is 8.26. The Labute approximate surface area is 188 Å². The normalized spacial score (nSPS) is 15.9. The molecule has 0 aliphatic carbocycles. The van der Waals surface area contributed by atoms with Crippen LogP contribution in [-0.4, -0.2) is 27.6 Å².